The van der Waals surface area contributed by atoms with E-state index >= 15 is 0 Å². The molecule has 0 unspecified atom stereocenters. The minimum Gasteiger partial charge on any atom is -0.466 e. The maximum Gasteiger partial charge on any atom is 0.410 e. The molecule has 0 aromatic carbocycles. The summed E-state index contributed by atoms with van der Waals surface area (Å²) in [7, 11) is 3.04. The summed E-state index contributed by atoms with van der Waals surface area (Å²) >= 11 is 0. The molecule has 9 nitrogen and oxygen atoms in total. The molecule has 2 amide bonds. The molecule has 0 saturated carbocycles. The normalized spacial score (nSPS) is 15.5. The van der Waals surface area contributed by atoms with Crippen molar-refractivity contribution in [2.24, 2.45) is 7.05 Å². The molecule has 26 heavy (non-hydrogen) atoms. The molecule has 2 heterocycles. The Morgan fingerprint density at radius 3 is 2.54 bits per heavy atom. The molecule has 9 heteroatoms. The SMILES string of the molecule is COC(=O)/C=C/c1cnc(N2CCN(C(=O)OC(C)(C)C)CC2=O)n1C. The summed E-state index contributed by atoms with van der Waals surface area (Å²) in [6.45, 7) is 5.92. The average molecular weight is 364 g/mol. The van der Waals surface area contributed by atoms with Crippen LogP contribution in [-0.4, -0.2) is 64.8 Å². The first kappa shape index (κ1) is 19.5. The van der Waals surface area contributed by atoms with Crippen LogP contribution in [0.3, 0.4) is 0 Å². The lowest BCUT2D eigenvalue weighted by molar-refractivity contribution is -0.134. The summed E-state index contributed by atoms with van der Waals surface area (Å²) in [5.41, 5.74) is 0.0328. The number of ether oxygens (including phenoxy) is 2. The lowest BCUT2D eigenvalue weighted by Gasteiger charge is -2.34. The molecule has 1 aliphatic heterocycles. The molecule has 0 N–H and O–H groups in total. The number of esters is 1. The van der Waals surface area contributed by atoms with Crippen LogP contribution in [0.5, 0.6) is 0 Å². The number of hydrogen-bond acceptors (Lipinski definition) is 6. The highest BCUT2D eigenvalue weighted by Crippen LogP contribution is 2.19. The molecule has 0 aliphatic carbocycles. The second-order valence-electron chi connectivity index (χ2n) is 6.85. The van der Waals surface area contributed by atoms with Crippen LogP contribution in [0.4, 0.5) is 10.7 Å². The van der Waals surface area contributed by atoms with Gasteiger partial charge in [-0.15, -0.1) is 0 Å². The Morgan fingerprint density at radius 2 is 1.96 bits per heavy atom. The maximum absolute atomic E-state index is 12.5. The first-order valence-electron chi connectivity index (χ1n) is 8.18. The minimum absolute atomic E-state index is 0.0743. The molecule has 0 radical (unpaired) electrons. The molecular formula is C17H24N4O5. The Kier molecular flexibility index (Phi) is 5.69. The standard InChI is InChI=1S/C17H24N4O5/c1-17(2,3)26-16(24)20-8-9-21(13(22)11-20)15-18-10-12(19(15)4)6-7-14(23)25-5/h6-7,10H,8-9,11H2,1-5H3/b7-6+. The van der Waals surface area contributed by atoms with Crippen molar-refractivity contribution in [3.05, 3.63) is 18.0 Å². The predicted molar refractivity (Wildman–Crippen MR) is 94.4 cm³/mol. The summed E-state index contributed by atoms with van der Waals surface area (Å²) in [4.78, 5) is 42.9. The van der Waals surface area contributed by atoms with Gasteiger partial charge >= 0.3 is 12.1 Å². The Morgan fingerprint density at radius 1 is 1.27 bits per heavy atom. The zero-order valence-electron chi connectivity index (χ0n) is 15.7. The van der Waals surface area contributed by atoms with E-state index in [0.717, 1.165) is 0 Å². The minimum atomic E-state index is -0.613. The summed E-state index contributed by atoms with van der Waals surface area (Å²) < 4.78 is 11.5. The number of piperazine rings is 1. The number of carbonyl (C=O) groups is 3. The van der Waals surface area contributed by atoms with Crippen LogP contribution in [0.1, 0.15) is 26.5 Å². The van der Waals surface area contributed by atoms with Crippen LogP contribution >= 0.6 is 0 Å². The molecule has 0 spiro atoms. The monoisotopic (exact) mass is 364 g/mol. The van der Waals surface area contributed by atoms with Gasteiger partial charge in [-0.3, -0.25) is 14.6 Å². The topological polar surface area (TPSA) is 94.0 Å². The Bertz CT molecular complexity index is 732. The van der Waals surface area contributed by atoms with Crippen LogP contribution in [0.25, 0.3) is 6.08 Å². The lowest BCUT2D eigenvalue weighted by Crippen LogP contribution is -2.54. The first-order valence-corrected chi connectivity index (χ1v) is 8.18. The van der Waals surface area contributed by atoms with Crippen LogP contribution in [0.2, 0.25) is 0 Å². The van der Waals surface area contributed by atoms with Crippen molar-refractivity contribution in [2.45, 2.75) is 26.4 Å². The molecule has 0 atom stereocenters. The van der Waals surface area contributed by atoms with Crippen LogP contribution in [0, 0.1) is 0 Å². The van der Waals surface area contributed by atoms with Gasteiger partial charge in [-0.05, 0) is 26.8 Å². The van der Waals surface area contributed by atoms with Gasteiger partial charge in [0.05, 0.1) is 19.0 Å². The van der Waals surface area contributed by atoms with E-state index in [2.05, 4.69) is 9.72 Å². The Hall–Kier alpha value is -2.84. The molecular weight excluding hydrogens is 340 g/mol. The van der Waals surface area contributed by atoms with Gasteiger partial charge in [0.15, 0.2) is 0 Å². The summed E-state index contributed by atoms with van der Waals surface area (Å²) in [5, 5.41) is 0. The fourth-order valence-corrected chi connectivity index (χ4v) is 2.41. The van der Waals surface area contributed by atoms with E-state index in [4.69, 9.17) is 4.74 Å². The molecule has 1 aromatic heterocycles. The van der Waals surface area contributed by atoms with Gasteiger partial charge in [0.2, 0.25) is 11.9 Å². The average Bonchev–Trinajstić information content (AvgIpc) is 2.91. The zero-order valence-corrected chi connectivity index (χ0v) is 15.7. The highest BCUT2D eigenvalue weighted by molar-refractivity contribution is 5.96. The molecule has 2 rings (SSSR count). The predicted octanol–water partition coefficient (Wildman–Crippen LogP) is 1.19. The molecule has 1 aliphatic rings. The van der Waals surface area contributed by atoms with E-state index in [1.807, 2.05) is 0 Å². The Balaban J connectivity index is 2.07. The quantitative estimate of drug-likeness (QED) is 0.591. The van der Waals surface area contributed by atoms with Gasteiger partial charge in [-0.2, -0.15) is 0 Å². The summed E-state index contributed by atoms with van der Waals surface area (Å²) in [5.74, 6) is -0.280. The van der Waals surface area contributed by atoms with Gasteiger partial charge < -0.3 is 14.0 Å². The van der Waals surface area contributed by atoms with Gasteiger partial charge in [0.25, 0.3) is 0 Å². The molecule has 0 bridgehead atoms. The highest BCUT2D eigenvalue weighted by Gasteiger charge is 2.32. The van der Waals surface area contributed by atoms with Gasteiger partial charge in [-0.25, -0.2) is 14.6 Å². The number of rotatable bonds is 3. The third-order valence-electron chi connectivity index (χ3n) is 3.70. The van der Waals surface area contributed by atoms with Crippen molar-refractivity contribution in [1.29, 1.82) is 0 Å². The van der Waals surface area contributed by atoms with Crippen molar-refractivity contribution < 1.29 is 23.9 Å². The number of hydrogen-bond donors (Lipinski definition) is 0. The van der Waals surface area contributed by atoms with Crippen molar-refractivity contribution >= 4 is 30.0 Å². The smallest absolute Gasteiger partial charge is 0.410 e. The van der Waals surface area contributed by atoms with Crippen LogP contribution in [0.15, 0.2) is 12.3 Å². The molecule has 142 valence electrons. The van der Waals surface area contributed by atoms with Crippen LogP contribution in [-0.2, 0) is 26.1 Å². The van der Waals surface area contributed by atoms with E-state index < -0.39 is 17.7 Å². The number of amides is 2. The third kappa shape index (κ3) is 4.62. The van der Waals surface area contributed by atoms with Crippen molar-refractivity contribution in [3.63, 3.8) is 0 Å². The third-order valence-corrected chi connectivity index (χ3v) is 3.70. The second-order valence-corrected chi connectivity index (χ2v) is 6.85. The first-order chi connectivity index (χ1) is 12.1. The summed E-state index contributed by atoms with van der Waals surface area (Å²) in [6.07, 6.45) is 3.89. The Labute approximate surface area is 152 Å². The zero-order chi connectivity index (χ0) is 19.5. The van der Waals surface area contributed by atoms with E-state index in [-0.39, 0.29) is 12.5 Å². The summed E-state index contributed by atoms with van der Waals surface area (Å²) in [6, 6.07) is 0. The van der Waals surface area contributed by atoms with E-state index in [0.29, 0.717) is 24.7 Å². The number of nitrogens with zero attached hydrogens (tertiary/aromatic N) is 4. The number of methoxy groups -OCH3 is 1. The van der Waals surface area contributed by atoms with E-state index in [1.165, 1.54) is 23.0 Å². The van der Waals surface area contributed by atoms with Gasteiger partial charge in [0, 0.05) is 26.2 Å². The highest BCUT2D eigenvalue weighted by atomic mass is 16.6. The molecule has 1 fully saturated rings. The lowest BCUT2D eigenvalue weighted by atomic mass is 10.2. The number of carbonyl (C=O) groups excluding carboxylic acids is 3. The van der Waals surface area contributed by atoms with Crippen molar-refractivity contribution in [1.82, 2.24) is 14.5 Å². The van der Waals surface area contributed by atoms with Gasteiger partial charge in [0.1, 0.15) is 12.1 Å². The number of anilines is 1. The second kappa shape index (κ2) is 7.59. The van der Waals surface area contributed by atoms with Gasteiger partial charge in [-0.1, -0.05) is 0 Å². The number of aromatic nitrogens is 2. The van der Waals surface area contributed by atoms with Crippen molar-refractivity contribution in [3.8, 4) is 0 Å². The van der Waals surface area contributed by atoms with E-state index in [1.54, 1.807) is 44.7 Å². The largest absolute Gasteiger partial charge is 0.466 e. The van der Waals surface area contributed by atoms with E-state index in [9.17, 15) is 14.4 Å². The number of imidazole rings is 1. The maximum atomic E-state index is 12.5. The fourth-order valence-electron chi connectivity index (χ4n) is 2.41. The molecule has 1 aromatic rings. The van der Waals surface area contributed by atoms with Crippen molar-refractivity contribution in [2.75, 3.05) is 31.6 Å². The molecule has 1 saturated heterocycles. The van der Waals surface area contributed by atoms with Crippen LogP contribution < -0.4 is 4.90 Å². The fraction of sp³-hybridized carbons (Fsp3) is 0.529.